The number of ether oxygens (including phenoxy) is 1. The van der Waals surface area contributed by atoms with Crippen molar-refractivity contribution in [1.82, 2.24) is 4.90 Å². The first-order valence-corrected chi connectivity index (χ1v) is 12.3. The molecular formula is C30H29NO3. The smallest absolute Gasteiger partial charge is 0.410 e. The van der Waals surface area contributed by atoms with Crippen molar-refractivity contribution in [2.75, 3.05) is 6.61 Å². The number of hydrogen-bond donors (Lipinski definition) is 0. The predicted octanol–water partition coefficient (Wildman–Crippen LogP) is 6.37. The Bertz CT molecular complexity index is 1210. The molecule has 2 aliphatic heterocycles. The van der Waals surface area contributed by atoms with Crippen LogP contribution in [0.15, 0.2) is 72.8 Å². The van der Waals surface area contributed by atoms with E-state index in [2.05, 4.69) is 48.5 Å². The lowest BCUT2D eigenvalue weighted by Crippen LogP contribution is -2.48. The second-order valence-corrected chi connectivity index (χ2v) is 9.94. The zero-order valence-electron chi connectivity index (χ0n) is 19.4. The average Bonchev–Trinajstić information content (AvgIpc) is 3.33. The molecule has 2 saturated heterocycles. The normalized spacial score (nSPS) is 22.9. The van der Waals surface area contributed by atoms with Crippen LogP contribution < -0.4 is 0 Å². The fourth-order valence-electron chi connectivity index (χ4n) is 6.43. The summed E-state index contributed by atoms with van der Waals surface area (Å²) in [5, 5.41) is 0. The van der Waals surface area contributed by atoms with Crippen molar-refractivity contribution in [2.24, 2.45) is 5.92 Å². The van der Waals surface area contributed by atoms with Gasteiger partial charge < -0.3 is 9.64 Å². The van der Waals surface area contributed by atoms with Crippen LogP contribution in [0.1, 0.15) is 58.6 Å². The van der Waals surface area contributed by atoms with Gasteiger partial charge in [0.15, 0.2) is 5.78 Å². The van der Waals surface area contributed by atoms with Gasteiger partial charge in [-0.1, -0.05) is 72.8 Å². The molecule has 1 aliphatic carbocycles. The van der Waals surface area contributed by atoms with Crippen LogP contribution >= 0.6 is 0 Å². The van der Waals surface area contributed by atoms with E-state index in [0.717, 1.165) is 36.8 Å². The Balaban J connectivity index is 1.15. The van der Waals surface area contributed by atoms with Gasteiger partial charge in [0.05, 0.1) is 0 Å². The van der Waals surface area contributed by atoms with Crippen LogP contribution in [0, 0.1) is 12.8 Å². The highest BCUT2D eigenvalue weighted by molar-refractivity contribution is 5.99. The monoisotopic (exact) mass is 451 g/mol. The molecule has 172 valence electrons. The minimum Gasteiger partial charge on any atom is -0.448 e. The number of amides is 1. The lowest BCUT2D eigenvalue weighted by molar-refractivity contribution is 0.0505. The molecule has 2 heterocycles. The Hall–Kier alpha value is -3.40. The fraction of sp³-hybridized carbons (Fsp3) is 0.333. The van der Waals surface area contributed by atoms with Gasteiger partial charge in [-0.2, -0.15) is 0 Å². The molecule has 0 saturated carbocycles. The Labute approximate surface area is 200 Å². The summed E-state index contributed by atoms with van der Waals surface area (Å²) in [5.41, 5.74) is 6.76. The van der Waals surface area contributed by atoms with Gasteiger partial charge in [0.1, 0.15) is 6.61 Å². The highest BCUT2D eigenvalue weighted by Gasteiger charge is 2.46. The van der Waals surface area contributed by atoms with Gasteiger partial charge in [0, 0.05) is 29.5 Å². The van der Waals surface area contributed by atoms with Crippen molar-refractivity contribution in [3.8, 4) is 11.1 Å². The number of Topliss-reactive ketones (excluding diaryl/α,β-unsaturated/α-hetero) is 1. The van der Waals surface area contributed by atoms with E-state index in [9.17, 15) is 9.59 Å². The van der Waals surface area contributed by atoms with E-state index < -0.39 is 0 Å². The maximum Gasteiger partial charge on any atom is 0.410 e. The second kappa shape index (κ2) is 8.43. The molecule has 4 heteroatoms. The molecule has 34 heavy (non-hydrogen) atoms. The van der Waals surface area contributed by atoms with E-state index in [-0.39, 0.29) is 35.8 Å². The first-order valence-electron chi connectivity index (χ1n) is 12.3. The number of ketones is 1. The topological polar surface area (TPSA) is 46.6 Å². The van der Waals surface area contributed by atoms with Gasteiger partial charge in [-0.3, -0.25) is 4.79 Å². The van der Waals surface area contributed by atoms with Gasteiger partial charge in [-0.05, 0) is 60.4 Å². The van der Waals surface area contributed by atoms with Crippen LogP contribution in [0.5, 0.6) is 0 Å². The van der Waals surface area contributed by atoms with Gasteiger partial charge >= 0.3 is 6.09 Å². The first kappa shape index (κ1) is 21.2. The van der Waals surface area contributed by atoms with E-state index in [1.165, 1.54) is 22.3 Å². The second-order valence-electron chi connectivity index (χ2n) is 9.94. The highest BCUT2D eigenvalue weighted by Crippen LogP contribution is 2.45. The minimum atomic E-state index is -0.226. The average molecular weight is 452 g/mol. The summed E-state index contributed by atoms with van der Waals surface area (Å²) >= 11 is 0. The first-order chi connectivity index (χ1) is 16.6. The van der Waals surface area contributed by atoms with E-state index in [0.29, 0.717) is 6.61 Å². The maximum atomic E-state index is 13.3. The van der Waals surface area contributed by atoms with E-state index in [1.807, 2.05) is 36.1 Å². The molecule has 2 unspecified atom stereocenters. The number of carbonyl (C=O) groups is 2. The lowest BCUT2D eigenvalue weighted by atomic mass is 9.84. The van der Waals surface area contributed by atoms with Crippen LogP contribution in [-0.2, 0) is 4.74 Å². The molecule has 2 fully saturated rings. The molecule has 2 atom stereocenters. The molecule has 6 rings (SSSR count). The summed E-state index contributed by atoms with van der Waals surface area (Å²) in [7, 11) is 0. The number of nitrogens with zero attached hydrogens (tertiary/aromatic N) is 1. The Kier molecular flexibility index (Phi) is 5.24. The third-order valence-corrected chi connectivity index (χ3v) is 8.06. The van der Waals surface area contributed by atoms with Crippen LogP contribution in [-0.4, -0.2) is 35.5 Å². The predicted molar refractivity (Wildman–Crippen MR) is 132 cm³/mol. The van der Waals surface area contributed by atoms with Gasteiger partial charge in [-0.25, -0.2) is 4.79 Å². The molecule has 0 N–H and O–H groups in total. The molecule has 1 amide bonds. The molecule has 3 aliphatic rings. The molecular weight excluding hydrogens is 422 g/mol. The molecule has 0 aromatic heterocycles. The summed E-state index contributed by atoms with van der Waals surface area (Å²) in [6.45, 7) is 2.34. The standard InChI is InChI=1S/C30H29NO3/c1-19-8-2-3-9-23(19)29(32)20-16-21-14-15-22(17-20)31(21)30(33)34-18-28-26-12-6-4-10-24(26)25-11-5-7-13-27(25)28/h2-13,20-22,28H,14-18H2,1H3. The van der Waals surface area contributed by atoms with Crippen LogP contribution in [0.25, 0.3) is 11.1 Å². The Morgan fingerprint density at radius 1 is 0.824 bits per heavy atom. The summed E-state index contributed by atoms with van der Waals surface area (Å²) in [6.07, 6.45) is 3.14. The van der Waals surface area contributed by atoms with E-state index in [4.69, 9.17) is 4.74 Å². The van der Waals surface area contributed by atoms with Crippen molar-refractivity contribution in [3.63, 3.8) is 0 Å². The SMILES string of the molecule is Cc1ccccc1C(=O)C1CC2CCC(C1)N2C(=O)OCC1c2ccccc2-c2ccccc21. The fourth-order valence-corrected chi connectivity index (χ4v) is 6.43. The maximum absolute atomic E-state index is 13.3. The van der Waals surface area contributed by atoms with Crippen LogP contribution in [0.2, 0.25) is 0 Å². The van der Waals surface area contributed by atoms with Crippen LogP contribution in [0.3, 0.4) is 0 Å². The number of benzene rings is 3. The summed E-state index contributed by atoms with van der Waals surface area (Å²) in [6, 6.07) is 24.8. The summed E-state index contributed by atoms with van der Waals surface area (Å²) in [4.78, 5) is 28.4. The van der Waals surface area contributed by atoms with E-state index in [1.54, 1.807) is 0 Å². The molecule has 3 aromatic carbocycles. The quantitative estimate of drug-likeness (QED) is 0.433. The van der Waals surface area contributed by atoms with Crippen molar-refractivity contribution >= 4 is 11.9 Å². The lowest BCUT2D eigenvalue weighted by Gasteiger charge is -2.38. The van der Waals surface area contributed by atoms with Gasteiger partial charge in [-0.15, -0.1) is 0 Å². The zero-order chi connectivity index (χ0) is 23.2. The van der Waals surface area contributed by atoms with Crippen molar-refractivity contribution < 1.29 is 14.3 Å². The minimum absolute atomic E-state index is 0.0174. The number of piperidine rings is 1. The molecule has 4 nitrogen and oxygen atoms in total. The molecule has 3 aromatic rings. The van der Waals surface area contributed by atoms with Gasteiger partial charge in [0.25, 0.3) is 0 Å². The number of fused-ring (bicyclic) bond motifs is 5. The van der Waals surface area contributed by atoms with Crippen molar-refractivity contribution in [3.05, 3.63) is 95.1 Å². The van der Waals surface area contributed by atoms with Gasteiger partial charge in [0.2, 0.25) is 0 Å². The number of rotatable bonds is 4. The van der Waals surface area contributed by atoms with E-state index >= 15 is 0 Å². The number of hydrogen-bond acceptors (Lipinski definition) is 3. The van der Waals surface area contributed by atoms with Crippen molar-refractivity contribution in [2.45, 2.75) is 50.6 Å². The third-order valence-electron chi connectivity index (χ3n) is 8.06. The highest BCUT2D eigenvalue weighted by atomic mass is 16.6. The third kappa shape index (κ3) is 3.44. The number of carbonyl (C=O) groups excluding carboxylic acids is 2. The Morgan fingerprint density at radius 3 is 2.00 bits per heavy atom. The zero-order valence-corrected chi connectivity index (χ0v) is 19.4. The van der Waals surface area contributed by atoms with Crippen molar-refractivity contribution in [1.29, 1.82) is 0 Å². The summed E-state index contributed by atoms with van der Waals surface area (Å²) < 4.78 is 5.96. The summed E-state index contributed by atoms with van der Waals surface area (Å²) in [5.74, 6) is 0.271. The van der Waals surface area contributed by atoms with Crippen LogP contribution in [0.4, 0.5) is 4.79 Å². The molecule has 0 radical (unpaired) electrons. The molecule has 0 spiro atoms. The number of aryl methyl sites for hydroxylation is 1. The Morgan fingerprint density at radius 2 is 1.38 bits per heavy atom. The largest absolute Gasteiger partial charge is 0.448 e. The molecule has 2 bridgehead atoms.